The molecule has 2 rings (SSSR count). The van der Waals surface area contributed by atoms with Crippen LogP contribution >= 0.6 is 27.3 Å². The van der Waals surface area contributed by atoms with Crippen LogP contribution < -0.4 is 10.6 Å². The number of hydrogen-bond acceptors (Lipinski definition) is 3. The van der Waals surface area contributed by atoms with Crippen LogP contribution in [0.3, 0.4) is 0 Å². The first-order chi connectivity index (χ1) is 7.74. The van der Waals surface area contributed by atoms with E-state index in [1.165, 1.54) is 4.88 Å². The summed E-state index contributed by atoms with van der Waals surface area (Å²) in [6.07, 6.45) is 1.59. The summed E-state index contributed by atoms with van der Waals surface area (Å²) in [5.74, 6) is 0.734. The molecular weight excluding hydrogens is 288 g/mol. The van der Waals surface area contributed by atoms with E-state index in [4.69, 9.17) is 0 Å². The van der Waals surface area contributed by atoms with Crippen molar-refractivity contribution in [2.45, 2.75) is 12.8 Å². The van der Waals surface area contributed by atoms with Gasteiger partial charge in [0.25, 0.3) is 0 Å². The van der Waals surface area contributed by atoms with Crippen molar-refractivity contribution < 1.29 is 4.79 Å². The van der Waals surface area contributed by atoms with Gasteiger partial charge in [-0.05, 0) is 53.5 Å². The van der Waals surface area contributed by atoms with Crippen molar-refractivity contribution in [3.05, 3.63) is 20.8 Å². The molecule has 0 spiro atoms. The zero-order chi connectivity index (χ0) is 11.4. The highest BCUT2D eigenvalue weighted by atomic mass is 79.9. The minimum Gasteiger partial charge on any atom is -0.356 e. The Labute approximate surface area is 108 Å². The third-order valence-electron chi connectivity index (χ3n) is 2.66. The molecule has 1 aromatic rings. The van der Waals surface area contributed by atoms with Gasteiger partial charge in [0.05, 0.1) is 3.79 Å². The average Bonchev–Trinajstić information content (AvgIpc) is 2.58. The van der Waals surface area contributed by atoms with Gasteiger partial charge in [0.1, 0.15) is 0 Å². The number of thiophene rings is 1. The van der Waals surface area contributed by atoms with Crippen molar-refractivity contribution in [3.8, 4) is 0 Å². The molecule has 1 aliphatic rings. The first-order valence-electron chi connectivity index (χ1n) is 5.45. The number of carbonyl (C=O) groups is 1. The largest absolute Gasteiger partial charge is 0.356 e. The first kappa shape index (κ1) is 12.1. The second kappa shape index (κ2) is 5.80. The van der Waals surface area contributed by atoms with Crippen molar-refractivity contribution >= 4 is 33.2 Å². The van der Waals surface area contributed by atoms with Crippen LogP contribution in [-0.2, 0) is 11.2 Å². The lowest BCUT2D eigenvalue weighted by atomic mass is 9.99. The van der Waals surface area contributed by atoms with E-state index >= 15 is 0 Å². The van der Waals surface area contributed by atoms with E-state index in [0.717, 1.165) is 29.8 Å². The number of hydrogen-bond donors (Lipinski definition) is 2. The fourth-order valence-electron chi connectivity index (χ4n) is 1.64. The molecule has 5 heteroatoms. The molecule has 1 aromatic heterocycles. The summed E-state index contributed by atoms with van der Waals surface area (Å²) >= 11 is 5.15. The van der Waals surface area contributed by atoms with Gasteiger partial charge in [0.15, 0.2) is 0 Å². The second-order valence-electron chi connectivity index (χ2n) is 4.03. The molecule has 2 heterocycles. The third kappa shape index (κ3) is 3.57. The third-order valence-corrected chi connectivity index (χ3v) is 4.35. The van der Waals surface area contributed by atoms with E-state index in [1.807, 2.05) is 6.07 Å². The lowest BCUT2D eigenvalue weighted by Crippen LogP contribution is -2.44. The normalized spacial score (nSPS) is 15.8. The fourth-order valence-corrected chi connectivity index (χ4v) is 3.12. The molecule has 1 amide bonds. The van der Waals surface area contributed by atoms with Crippen LogP contribution in [-0.4, -0.2) is 25.5 Å². The molecule has 2 N–H and O–H groups in total. The minimum atomic E-state index is 0.183. The molecule has 16 heavy (non-hydrogen) atoms. The Morgan fingerprint density at radius 3 is 2.94 bits per heavy atom. The molecule has 0 aromatic carbocycles. The molecule has 1 aliphatic heterocycles. The number of carbonyl (C=O) groups excluding carboxylic acids is 1. The highest BCUT2D eigenvalue weighted by Gasteiger charge is 2.19. The molecule has 88 valence electrons. The highest BCUT2D eigenvalue weighted by molar-refractivity contribution is 9.11. The van der Waals surface area contributed by atoms with Crippen LogP contribution in [0.5, 0.6) is 0 Å². The Bertz CT molecular complexity index is 363. The maximum atomic E-state index is 11.5. The zero-order valence-corrected chi connectivity index (χ0v) is 11.4. The van der Waals surface area contributed by atoms with E-state index in [1.54, 1.807) is 11.3 Å². The standard InChI is InChI=1S/C11H15BrN2OS/c12-10-2-1-9(16-10)3-4-14-11(15)5-8-6-13-7-8/h1-2,8,13H,3-7H2,(H,14,15). The summed E-state index contributed by atoms with van der Waals surface area (Å²) in [6, 6.07) is 4.14. The van der Waals surface area contributed by atoms with Crippen LogP contribution in [0.4, 0.5) is 0 Å². The van der Waals surface area contributed by atoms with Crippen molar-refractivity contribution in [2.75, 3.05) is 19.6 Å². The summed E-state index contributed by atoms with van der Waals surface area (Å²) in [7, 11) is 0. The van der Waals surface area contributed by atoms with E-state index in [-0.39, 0.29) is 5.91 Å². The molecule has 3 nitrogen and oxygen atoms in total. The SMILES string of the molecule is O=C(CC1CNC1)NCCc1ccc(Br)s1. The Kier molecular flexibility index (Phi) is 4.37. The van der Waals surface area contributed by atoms with Crippen molar-refractivity contribution in [3.63, 3.8) is 0 Å². The number of halogens is 1. The molecule has 0 aliphatic carbocycles. The molecule has 0 unspecified atom stereocenters. The fraction of sp³-hybridized carbons (Fsp3) is 0.545. The zero-order valence-electron chi connectivity index (χ0n) is 8.96. The lowest BCUT2D eigenvalue weighted by Gasteiger charge is -2.26. The van der Waals surface area contributed by atoms with Crippen molar-refractivity contribution in [1.29, 1.82) is 0 Å². The first-order valence-corrected chi connectivity index (χ1v) is 7.06. The van der Waals surface area contributed by atoms with Gasteiger partial charge in [-0.2, -0.15) is 0 Å². The molecule has 0 bridgehead atoms. The topological polar surface area (TPSA) is 41.1 Å². The Morgan fingerprint density at radius 1 is 1.56 bits per heavy atom. The number of amides is 1. The molecular formula is C11H15BrN2OS. The van der Waals surface area contributed by atoms with E-state index < -0.39 is 0 Å². The van der Waals surface area contributed by atoms with Crippen LogP contribution in [0.25, 0.3) is 0 Å². The maximum Gasteiger partial charge on any atom is 0.220 e. The number of rotatable bonds is 5. The molecule has 0 atom stereocenters. The summed E-state index contributed by atoms with van der Waals surface area (Å²) in [5, 5.41) is 6.13. The predicted octanol–water partition coefficient (Wildman–Crippen LogP) is 1.78. The highest BCUT2D eigenvalue weighted by Crippen LogP contribution is 2.22. The Balaban J connectivity index is 1.61. The minimum absolute atomic E-state index is 0.183. The van der Waals surface area contributed by atoms with Crippen LogP contribution in [0, 0.1) is 5.92 Å². The summed E-state index contributed by atoms with van der Waals surface area (Å²) in [4.78, 5) is 12.8. The number of nitrogens with one attached hydrogen (secondary N) is 2. The smallest absolute Gasteiger partial charge is 0.220 e. The maximum absolute atomic E-state index is 11.5. The van der Waals surface area contributed by atoms with Crippen molar-refractivity contribution in [2.24, 2.45) is 5.92 Å². The quantitative estimate of drug-likeness (QED) is 0.870. The molecule has 0 radical (unpaired) electrons. The lowest BCUT2D eigenvalue weighted by molar-refractivity contribution is -0.122. The van der Waals surface area contributed by atoms with Gasteiger partial charge in [-0.1, -0.05) is 0 Å². The van der Waals surface area contributed by atoms with E-state index in [2.05, 4.69) is 32.6 Å². The van der Waals surface area contributed by atoms with E-state index in [9.17, 15) is 4.79 Å². The van der Waals surface area contributed by atoms with Gasteiger partial charge in [-0.3, -0.25) is 4.79 Å². The summed E-state index contributed by atoms with van der Waals surface area (Å²) < 4.78 is 1.15. The van der Waals surface area contributed by atoms with Gasteiger partial charge in [-0.25, -0.2) is 0 Å². The van der Waals surface area contributed by atoms with Gasteiger partial charge < -0.3 is 10.6 Å². The Hall–Kier alpha value is -0.390. The van der Waals surface area contributed by atoms with Gasteiger partial charge in [0.2, 0.25) is 5.91 Å². The van der Waals surface area contributed by atoms with Crippen LogP contribution in [0.1, 0.15) is 11.3 Å². The molecule has 0 saturated carbocycles. The second-order valence-corrected chi connectivity index (χ2v) is 6.58. The predicted molar refractivity (Wildman–Crippen MR) is 69.7 cm³/mol. The van der Waals surface area contributed by atoms with E-state index in [0.29, 0.717) is 12.3 Å². The summed E-state index contributed by atoms with van der Waals surface area (Å²) in [5.41, 5.74) is 0. The van der Waals surface area contributed by atoms with Crippen molar-refractivity contribution in [1.82, 2.24) is 10.6 Å². The van der Waals surface area contributed by atoms with Gasteiger partial charge in [-0.15, -0.1) is 11.3 Å². The average molecular weight is 303 g/mol. The molecule has 1 fully saturated rings. The van der Waals surface area contributed by atoms with Crippen LogP contribution in [0.2, 0.25) is 0 Å². The summed E-state index contributed by atoms with van der Waals surface area (Å²) in [6.45, 7) is 2.72. The molecule has 1 saturated heterocycles. The monoisotopic (exact) mass is 302 g/mol. The Morgan fingerprint density at radius 2 is 2.38 bits per heavy atom. The van der Waals surface area contributed by atoms with Gasteiger partial charge >= 0.3 is 0 Å². The van der Waals surface area contributed by atoms with Crippen LogP contribution in [0.15, 0.2) is 15.9 Å². The van der Waals surface area contributed by atoms with Gasteiger partial charge in [0, 0.05) is 17.8 Å².